The van der Waals surface area contributed by atoms with Crippen molar-refractivity contribution in [2.24, 2.45) is 4.99 Å². The van der Waals surface area contributed by atoms with E-state index in [1.165, 1.54) is 0 Å². The molecule has 1 aromatic carbocycles. The largest absolute Gasteiger partial charge is 0.278 e. The fourth-order valence-electron chi connectivity index (χ4n) is 2.32. The predicted octanol–water partition coefficient (Wildman–Crippen LogP) is 1.44. The molecule has 82 valence electrons. The lowest BCUT2D eigenvalue weighted by Gasteiger charge is -2.18. The molecule has 2 bridgehead atoms. The van der Waals surface area contributed by atoms with E-state index in [-0.39, 0.29) is 11.6 Å². The van der Waals surface area contributed by atoms with E-state index in [0.717, 1.165) is 17.6 Å². The minimum absolute atomic E-state index is 0.0166. The molecule has 1 aromatic heterocycles. The van der Waals surface area contributed by atoms with E-state index in [1.807, 2.05) is 30.3 Å². The molecule has 4 heterocycles. The van der Waals surface area contributed by atoms with Gasteiger partial charge in [-0.25, -0.2) is 4.98 Å². The Kier molecular flexibility index (Phi) is 1.52. The van der Waals surface area contributed by atoms with Crippen molar-refractivity contribution < 1.29 is 0 Å². The average molecular weight is 223 g/mol. The lowest BCUT2D eigenvalue weighted by molar-refractivity contribution is 0.788. The Morgan fingerprint density at radius 3 is 3.00 bits per heavy atom. The molecule has 4 heteroatoms. The molecule has 3 aliphatic rings. The Morgan fingerprint density at radius 1 is 1.29 bits per heavy atom. The Balaban J connectivity index is 2.19. The number of aliphatic imine (C=N–C) groups is 1. The number of para-hydroxylation sites is 1. The van der Waals surface area contributed by atoms with Crippen LogP contribution in [0, 0.1) is 0 Å². The fraction of sp³-hybridized carbons (Fsp3) is 0.154. The predicted molar refractivity (Wildman–Crippen MR) is 66.3 cm³/mol. The molecule has 0 spiro atoms. The molecular weight excluding hydrogens is 214 g/mol. The highest BCUT2D eigenvalue weighted by Crippen LogP contribution is 2.23. The molecule has 0 radical (unpaired) electrons. The first kappa shape index (κ1) is 8.87. The first-order valence-corrected chi connectivity index (χ1v) is 5.59. The second-order valence-corrected chi connectivity index (χ2v) is 4.32. The van der Waals surface area contributed by atoms with Crippen molar-refractivity contribution in [3.8, 4) is 0 Å². The average Bonchev–Trinajstić information content (AvgIpc) is 2.57. The number of hydrogen-bond acceptors (Lipinski definition) is 3. The number of rotatable bonds is 0. The first-order chi connectivity index (χ1) is 8.33. The van der Waals surface area contributed by atoms with E-state index < -0.39 is 0 Å². The highest BCUT2D eigenvalue weighted by atomic mass is 16.1. The van der Waals surface area contributed by atoms with Gasteiger partial charge in [-0.1, -0.05) is 12.1 Å². The number of fused-ring (bicyclic) bond motifs is 1. The molecule has 3 aliphatic heterocycles. The zero-order chi connectivity index (χ0) is 11.4. The van der Waals surface area contributed by atoms with Crippen molar-refractivity contribution in [1.29, 1.82) is 0 Å². The molecule has 0 saturated heterocycles. The molecule has 1 atom stereocenters. The summed E-state index contributed by atoms with van der Waals surface area (Å²) in [6.45, 7) is 0. The van der Waals surface area contributed by atoms with Gasteiger partial charge in [-0.3, -0.25) is 14.4 Å². The van der Waals surface area contributed by atoms with Crippen molar-refractivity contribution in [3.05, 3.63) is 46.5 Å². The van der Waals surface area contributed by atoms with E-state index in [4.69, 9.17) is 0 Å². The van der Waals surface area contributed by atoms with E-state index in [2.05, 4.69) is 9.98 Å². The zero-order valence-corrected chi connectivity index (χ0v) is 9.00. The van der Waals surface area contributed by atoms with Gasteiger partial charge in [0.2, 0.25) is 0 Å². The van der Waals surface area contributed by atoms with Crippen LogP contribution in [0.4, 0.5) is 0 Å². The van der Waals surface area contributed by atoms with Crippen LogP contribution >= 0.6 is 0 Å². The van der Waals surface area contributed by atoms with Crippen LogP contribution in [0.25, 0.3) is 17.1 Å². The second kappa shape index (κ2) is 2.91. The van der Waals surface area contributed by atoms with Gasteiger partial charge in [0.25, 0.3) is 5.56 Å². The molecule has 4 nitrogen and oxygen atoms in total. The third-order valence-electron chi connectivity index (χ3n) is 3.25. The SMILES string of the molecule is O=c1c2ccccc2nc2n1C=CC1CC2=N1. The normalized spacial score (nSPS) is 20.5. The summed E-state index contributed by atoms with van der Waals surface area (Å²) < 4.78 is 1.61. The number of benzene rings is 1. The fourth-order valence-corrected chi connectivity index (χ4v) is 2.32. The molecule has 0 N–H and O–H groups in total. The standard InChI is InChI=1S/C13H9N3O/c17-13-9-3-1-2-4-10(9)15-12-11-7-8(14-11)5-6-16(12)13/h1-6,8H,7H2. The summed E-state index contributed by atoms with van der Waals surface area (Å²) in [6.07, 6.45) is 4.64. The van der Waals surface area contributed by atoms with Gasteiger partial charge in [0.15, 0.2) is 5.82 Å². The molecule has 5 rings (SSSR count). The van der Waals surface area contributed by atoms with Gasteiger partial charge in [-0.05, 0) is 18.2 Å². The minimum atomic E-state index is -0.0166. The maximum atomic E-state index is 12.3. The topological polar surface area (TPSA) is 47.2 Å². The third-order valence-corrected chi connectivity index (χ3v) is 3.25. The molecule has 0 aliphatic carbocycles. The van der Waals surface area contributed by atoms with Crippen LogP contribution in [0.2, 0.25) is 0 Å². The van der Waals surface area contributed by atoms with Crippen molar-refractivity contribution in [2.75, 3.05) is 0 Å². The lowest BCUT2D eigenvalue weighted by atomic mass is 10.0. The van der Waals surface area contributed by atoms with Gasteiger partial charge in [0.05, 0.1) is 22.7 Å². The molecule has 0 amide bonds. The van der Waals surface area contributed by atoms with E-state index in [1.54, 1.807) is 10.8 Å². The van der Waals surface area contributed by atoms with Gasteiger partial charge >= 0.3 is 0 Å². The maximum Gasteiger partial charge on any atom is 0.265 e. The quantitative estimate of drug-likeness (QED) is 0.678. The molecule has 2 aromatic rings. The van der Waals surface area contributed by atoms with Crippen molar-refractivity contribution >= 4 is 22.8 Å². The highest BCUT2D eigenvalue weighted by Gasteiger charge is 2.27. The molecule has 17 heavy (non-hydrogen) atoms. The van der Waals surface area contributed by atoms with Crippen molar-refractivity contribution in [1.82, 2.24) is 9.55 Å². The zero-order valence-electron chi connectivity index (χ0n) is 9.00. The third kappa shape index (κ3) is 1.09. The van der Waals surface area contributed by atoms with Crippen LogP contribution in [-0.2, 0) is 0 Å². The van der Waals surface area contributed by atoms with Gasteiger partial charge in [0.1, 0.15) is 0 Å². The van der Waals surface area contributed by atoms with Crippen LogP contribution in [0.5, 0.6) is 0 Å². The summed E-state index contributed by atoms with van der Waals surface area (Å²) in [5, 5.41) is 0.653. The number of aromatic nitrogens is 2. The van der Waals surface area contributed by atoms with Crippen LogP contribution in [-0.4, -0.2) is 21.3 Å². The van der Waals surface area contributed by atoms with Crippen LogP contribution in [0.3, 0.4) is 0 Å². The van der Waals surface area contributed by atoms with E-state index >= 15 is 0 Å². The van der Waals surface area contributed by atoms with Crippen molar-refractivity contribution in [3.63, 3.8) is 0 Å². The Morgan fingerprint density at radius 2 is 2.12 bits per heavy atom. The Hall–Kier alpha value is -2.23. The van der Waals surface area contributed by atoms with E-state index in [9.17, 15) is 4.79 Å². The van der Waals surface area contributed by atoms with Gasteiger partial charge < -0.3 is 0 Å². The van der Waals surface area contributed by atoms with Crippen LogP contribution in [0.1, 0.15) is 12.2 Å². The van der Waals surface area contributed by atoms with E-state index in [0.29, 0.717) is 11.2 Å². The first-order valence-electron chi connectivity index (χ1n) is 5.59. The maximum absolute atomic E-state index is 12.3. The summed E-state index contributed by atoms with van der Waals surface area (Å²) in [5.74, 6) is 0.693. The smallest absolute Gasteiger partial charge is 0.265 e. The van der Waals surface area contributed by atoms with Gasteiger partial charge in [-0.15, -0.1) is 0 Å². The van der Waals surface area contributed by atoms with Gasteiger partial charge in [-0.2, -0.15) is 0 Å². The van der Waals surface area contributed by atoms with Crippen LogP contribution < -0.4 is 5.56 Å². The number of nitrogens with zero attached hydrogens (tertiary/aromatic N) is 3. The molecule has 0 saturated carbocycles. The summed E-state index contributed by atoms with van der Waals surface area (Å²) in [7, 11) is 0. The summed E-state index contributed by atoms with van der Waals surface area (Å²) >= 11 is 0. The molecule has 0 fully saturated rings. The van der Waals surface area contributed by atoms with Gasteiger partial charge in [0, 0.05) is 12.6 Å². The molecule has 1 unspecified atom stereocenters. The summed E-state index contributed by atoms with van der Waals surface area (Å²) in [4.78, 5) is 21.3. The second-order valence-electron chi connectivity index (χ2n) is 4.32. The Labute approximate surface area is 96.9 Å². The monoisotopic (exact) mass is 223 g/mol. The van der Waals surface area contributed by atoms with Crippen molar-refractivity contribution in [2.45, 2.75) is 12.5 Å². The minimum Gasteiger partial charge on any atom is -0.278 e. The number of hydrogen-bond donors (Lipinski definition) is 0. The Bertz CT molecular complexity index is 755. The highest BCUT2D eigenvalue weighted by molar-refractivity contribution is 6.04. The summed E-state index contributed by atoms with van der Waals surface area (Å²) in [5.41, 5.74) is 1.66. The summed E-state index contributed by atoms with van der Waals surface area (Å²) in [6, 6.07) is 7.65. The van der Waals surface area contributed by atoms with Crippen LogP contribution in [0.15, 0.2) is 40.1 Å². The molecular formula is C13H9N3O. The lowest BCUT2D eigenvalue weighted by Crippen LogP contribution is -2.28.